The molecule has 0 spiro atoms. The first kappa shape index (κ1) is 20.1. The van der Waals surface area contributed by atoms with Crippen molar-refractivity contribution in [1.29, 1.82) is 0 Å². The van der Waals surface area contributed by atoms with Gasteiger partial charge in [0.2, 0.25) is 0 Å². The molecule has 0 aliphatic carbocycles. The molecule has 1 heterocycles. The van der Waals surface area contributed by atoms with Crippen molar-refractivity contribution < 1.29 is 14.3 Å². The molecule has 1 aromatic rings. The molecule has 1 aliphatic heterocycles. The number of hydrogen-bond acceptors (Lipinski definition) is 3. The number of carbonyl (C=O) groups excluding carboxylic acids is 2. The molecule has 1 aromatic carbocycles. The maximum atomic E-state index is 12.9. The second-order valence-electron chi connectivity index (χ2n) is 7.01. The van der Waals surface area contributed by atoms with Crippen molar-refractivity contribution in [3.63, 3.8) is 0 Å². The Hall–Kier alpha value is -2.24. The van der Waals surface area contributed by atoms with Gasteiger partial charge < -0.3 is 19.9 Å². The summed E-state index contributed by atoms with van der Waals surface area (Å²) >= 11 is 0. The Bertz CT molecular complexity index is 631. The number of benzene rings is 1. The highest BCUT2D eigenvalue weighted by molar-refractivity contribution is 5.94. The van der Waals surface area contributed by atoms with Crippen molar-refractivity contribution >= 4 is 11.9 Å². The Labute approximate surface area is 156 Å². The van der Waals surface area contributed by atoms with Gasteiger partial charge in [-0.05, 0) is 57.4 Å². The summed E-state index contributed by atoms with van der Waals surface area (Å²) in [6.45, 7) is 11.1. The first-order valence-corrected chi connectivity index (χ1v) is 9.51. The number of rotatable bonds is 5. The van der Waals surface area contributed by atoms with E-state index in [1.54, 1.807) is 4.90 Å². The minimum Gasteiger partial charge on any atom is -0.491 e. The molecule has 2 rings (SSSR count). The van der Waals surface area contributed by atoms with Crippen molar-refractivity contribution in [2.45, 2.75) is 46.6 Å². The second kappa shape index (κ2) is 9.46. The average molecular weight is 361 g/mol. The predicted molar refractivity (Wildman–Crippen MR) is 103 cm³/mol. The summed E-state index contributed by atoms with van der Waals surface area (Å²) in [5.41, 5.74) is 1.63. The third-order valence-electron chi connectivity index (χ3n) is 4.38. The Morgan fingerprint density at radius 2 is 1.85 bits per heavy atom. The van der Waals surface area contributed by atoms with Crippen LogP contribution in [0.15, 0.2) is 18.2 Å². The summed E-state index contributed by atoms with van der Waals surface area (Å²) in [4.78, 5) is 28.6. The van der Waals surface area contributed by atoms with Gasteiger partial charge in [0.1, 0.15) is 5.75 Å². The molecule has 1 fully saturated rings. The number of aryl methyl sites for hydroxylation is 1. The summed E-state index contributed by atoms with van der Waals surface area (Å²) in [7, 11) is 0. The topological polar surface area (TPSA) is 61.9 Å². The maximum absolute atomic E-state index is 12.9. The van der Waals surface area contributed by atoms with Crippen LogP contribution in [0.4, 0.5) is 4.79 Å². The third-order valence-corrected chi connectivity index (χ3v) is 4.38. The number of nitrogens with one attached hydrogen (secondary N) is 1. The zero-order valence-electron chi connectivity index (χ0n) is 16.4. The maximum Gasteiger partial charge on any atom is 0.317 e. The quantitative estimate of drug-likeness (QED) is 0.877. The Balaban J connectivity index is 1.99. The third kappa shape index (κ3) is 5.38. The molecule has 1 aliphatic rings. The van der Waals surface area contributed by atoms with Crippen LogP contribution < -0.4 is 10.1 Å². The molecule has 0 saturated carbocycles. The summed E-state index contributed by atoms with van der Waals surface area (Å²) in [6.07, 6.45) is 1.81. The largest absolute Gasteiger partial charge is 0.491 e. The lowest BCUT2D eigenvalue weighted by Crippen LogP contribution is -2.42. The summed E-state index contributed by atoms with van der Waals surface area (Å²) in [5.74, 6) is 0.825. The molecule has 144 valence electrons. The molecule has 0 unspecified atom stereocenters. The van der Waals surface area contributed by atoms with Crippen LogP contribution >= 0.6 is 0 Å². The lowest BCUT2D eigenvalue weighted by Gasteiger charge is -2.23. The van der Waals surface area contributed by atoms with E-state index in [2.05, 4.69) is 5.32 Å². The van der Waals surface area contributed by atoms with Crippen LogP contribution in [0.3, 0.4) is 0 Å². The van der Waals surface area contributed by atoms with Crippen LogP contribution in [0.1, 0.15) is 49.5 Å². The molecule has 1 saturated heterocycles. The molecule has 6 heteroatoms. The fourth-order valence-electron chi connectivity index (χ4n) is 3.02. The monoisotopic (exact) mass is 361 g/mol. The van der Waals surface area contributed by atoms with E-state index in [0.29, 0.717) is 38.3 Å². The van der Waals surface area contributed by atoms with Gasteiger partial charge >= 0.3 is 6.03 Å². The van der Waals surface area contributed by atoms with E-state index in [9.17, 15) is 9.59 Å². The van der Waals surface area contributed by atoms with E-state index < -0.39 is 0 Å². The van der Waals surface area contributed by atoms with Gasteiger partial charge in [-0.25, -0.2) is 4.79 Å². The van der Waals surface area contributed by atoms with Gasteiger partial charge in [0.05, 0.1) is 6.10 Å². The van der Waals surface area contributed by atoms with Crippen molar-refractivity contribution in [3.8, 4) is 5.75 Å². The highest BCUT2D eigenvalue weighted by atomic mass is 16.5. The Kier molecular flexibility index (Phi) is 7.30. The van der Waals surface area contributed by atoms with Gasteiger partial charge in [-0.1, -0.05) is 6.92 Å². The molecule has 3 amide bonds. The highest BCUT2D eigenvalue weighted by Gasteiger charge is 2.23. The number of urea groups is 1. The molecule has 1 N–H and O–H groups in total. The molecule has 6 nitrogen and oxygen atoms in total. The zero-order valence-corrected chi connectivity index (χ0v) is 16.4. The van der Waals surface area contributed by atoms with E-state index in [0.717, 1.165) is 24.2 Å². The summed E-state index contributed by atoms with van der Waals surface area (Å²) in [5, 5.41) is 2.90. The Morgan fingerprint density at radius 1 is 1.15 bits per heavy atom. The van der Waals surface area contributed by atoms with Gasteiger partial charge in [0, 0.05) is 38.3 Å². The van der Waals surface area contributed by atoms with Crippen molar-refractivity contribution in [3.05, 3.63) is 29.3 Å². The van der Waals surface area contributed by atoms with Crippen LogP contribution in [0.2, 0.25) is 0 Å². The Morgan fingerprint density at radius 3 is 2.50 bits per heavy atom. The lowest BCUT2D eigenvalue weighted by atomic mass is 10.1. The summed E-state index contributed by atoms with van der Waals surface area (Å²) in [6, 6.07) is 5.54. The van der Waals surface area contributed by atoms with Gasteiger partial charge in [-0.2, -0.15) is 0 Å². The highest BCUT2D eigenvalue weighted by Crippen LogP contribution is 2.21. The molecular formula is C20H31N3O3. The number of amides is 3. The van der Waals surface area contributed by atoms with Crippen molar-refractivity contribution in [2.24, 2.45) is 0 Å². The number of nitrogens with zero attached hydrogens (tertiary/aromatic N) is 2. The summed E-state index contributed by atoms with van der Waals surface area (Å²) < 4.78 is 5.74. The first-order valence-electron chi connectivity index (χ1n) is 9.51. The molecule has 0 bridgehead atoms. The molecule has 0 aromatic heterocycles. The van der Waals surface area contributed by atoms with Crippen LogP contribution in [0, 0.1) is 6.92 Å². The smallest absolute Gasteiger partial charge is 0.317 e. The fourth-order valence-corrected chi connectivity index (χ4v) is 3.02. The molecular weight excluding hydrogens is 330 g/mol. The van der Waals surface area contributed by atoms with Crippen LogP contribution in [-0.4, -0.2) is 60.6 Å². The van der Waals surface area contributed by atoms with E-state index in [-0.39, 0.29) is 18.0 Å². The van der Waals surface area contributed by atoms with E-state index in [1.807, 2.05) is 50.8 Å². The normalized spacial score (nSPS) is 15.0. The second-order valence-corrected chi connectivity index (χ2v) is 7.01. The standard InChI is InChI=1S/C20H31N3O3/c1-5-9-21-20(25)23-11-6-10-22(12-13-23)19(24)17-7-8-18(16(4)14-17)26-15(2)3/h7-8,14-15H,5-6,9-13H2,1-4H3,(H,21,25). The molecule has 0 radical (unpaired) electrons. The van der Waals surface area contributed by atoms with Crippen molar-refractivity contribution in [2.75, 3.05) is 32.7 Å². The number of hydrogen-bond donors (Lipinski definition) is 1. The number of ether oxygens (including phenoxy) is 1. The van der Waals surface area contributed by atoms with E-state index in [4.69, 9.17) is 4.74 Å². The fraction of sp³-hybridized carbons (Fsp3) is 0.600. The first-order chi connectivity index (χ1) is 12.4. The average Bonchev–Trinajstić information content (AvgIpc) is 2.86. The van der Waals surface area contributed by atoms with Gasteiger partial charge in [0.25, 0.3) is 5.91 Å². The van der Waals surface area contributed by atoms with Gasteiger partial charge in [0.15, 0.2) is 0 Å². The van der Waals surface area contributed by atoms with E-state index >= 15 is 0 Å². The van der Waals surface area contributed by atoms with Crippen LogP contribution in [0.25, 0.3) is 0 Å². The minimum atomic E-state index is -0.0350. The minimum absolute atomic E-state index is 0.0139. The van der Waals surface area contributed by atoms with Gasteiger partial charge in [-0.3, -0.25) is 4.79 Å². The van der Waals surface area contributed by atoms with E-state index in [1.165, 1.54) is 0 Å². The van der Waals surface area contributed by atoms with Gasteiger partial charge in [-0.15, -0.1) is 0 Å². The zero-order chi connectivity index (χ0) is 19.1. The van der Waals surface area contributed by atoms with Crippen molar-refractivity contribution in [1.82, 2.24) is 15.1 Å². The van der Waals surface area contributed by atoms with Crippen LogP contribution in [0.5, 0.6) is 5.75 Å². The molecule has 0 atom stereocenters. The lowest BCUT2D eigenvalue weighted by molar-refractivity contribution is 0.0762. The van der Waals surface area contributed by atoms with Crippen LogP contribution in [-0.2, 0) is 0 Å². The SMILES string of the molecule is CCCNC(=O)N1CCCN(C(=O)c2ccc(OC(C)C)c(C)c2)CC1. The molecule has 26 heavy (non-hydrogen) atoms. The predicted octanol–water partition coefficient (Wildman–Crippen LogP) is 3.05. The number of carbonyl (C=O) groups is 2.